The van der Waals surface area contributed by atoms with Crippen LogP contribution in [0.3, 0.4) is 0 Å². The molecule has 2 aromatic carbocycles. The average Bonchev–Trinajstić information content (AvgIpc) is 3.20. The smallest absolute Gasteiger partial charge is 0.209 e. The fraction of sp³-hybridized carbons (Fsp3) is 0.318. The molecule has 1 fully saturated rings. The number of rotatable bonds is 7. The highest BCUT2D eigenvalue weighted by Gasteiger charge is 2.19. The Morgan fingerprint density at radius 2 is 1.64 bits per heavy atom. The molecule has 146 valence electrons. The first-order valence-electron chi connectivity index (χ1n) is 9.60. The van der Waals surface area contributed by atoms with Gasteiger partial charge in [0.15, 0.2) is 5.76 Å². The molecular weight excluding hydrogens is 374 g/mol. The Bertz CT molecular complexity index is 876. The zero-order valence-corrected chi connectivity index (χ0v) is 16.5. The Morgan fingerprint density at radius 1 is 0.929 bits per heavy atom. The predicted octanol–water partition coefficient (Wildman–Crippen LogP) is 4.19. The van der Waals surface area contributed by atoms with Crippen molar-refractivity contribution in [3.8, 4) is 17.1 Å². The van der Waals surface area contributed by atoms with Gasteiger partial charge in [-0.3, -0.25) is 9.80 Å². The summed E-state index contributed by atoms with van der Waals surface area (Å²) in [6.07, 6.45) is 1.81. The third kappa shape index (κ3) is 4.93. The topological polar surface area (TPSA) is 41.7 Å². The normalized spacial score (nSPS) is 15.6. The van der Waals surface area contributed by atoms with Crippen LogP contribution in [0.15, 0.2) is 65.2 Å². The van der Waals surface area contributed by atoms with E-state index in [1.54, 1.807) is 0 Å². The maximum absolute atomic E-state index is 6.12. The van der Waals surface area contributed by atoms with Crippen LogP contribution in [0.1, 0.15) is 5.89 Å². The third-order valence-electron chi connectivity index (χ3n) is 4.94. The second kappa shape index (κ2) is 9.24. The first-order valence-corrected chi connectivity index (χ1v) is 9.98. The van der Waals surface area contributed by atoms with Crippen LogP contribution in [0, 0.1) is 0 Å². The van der Waals surface area contributed by atoms with Crippen molar-refractivity contribution in [3.63, 3.8) is 0 Å². The van der Waals surface area contributed by atoms with Crippen molar-refractivity contribution in [3.05, 3.63) is 71.7 Å². The number of hydrogen-bond acceptors (Lipinski definition) is 5. The Labute approximate surface area is 170 Å². The number of hydrogen-bond donors (Lipinski definition) is 0. The lowest BCUT2D eigenvalue weighted by Gasteiger charge is -2.33. The minimum Gasteiger partial charge on any atom is -0.491 e. The Kier molecular flexibility index (Phi) is 6.27. The Balaban J connectivity index is 1.20. The van der Waals surface area contributed by atoms with E-state index in [1.165, 1.54) is 0 Å². The van der Waals surface area contributed by atoms with E-state index in [-0.39, 0.29) is 0 Å². The molecule has 0 aliphatic carbocycles. The zero-order valence-electron chi connectivity index (χ0n) is 15.8. The van der Waals surface area contributed by atoms with Crippen LogP contribution in [0.5, 0.6) is 5.75 Å². The highest BCUT2D eigenvalue weighted by Crippen LogP contribution is 2.23. The molecule has 0 unspecified atom stereocenters. The zero-order chi connectivity index (χ0) is 19.2. The van der Waals surface area contributed by atoms with E-state index >= 15 is 0 Å². The number of nitrogens with zero attached hydrogens (tertiary/aromatic N) is 3. The number of oxazole rings is 1. The molecule has 2 heterocycles. The van der Waals surface area contributed by atoms with Gasteiger partial charge in [0.25, 0.3) is 0 Å². The summed E-state index contributed by atoms with van der Waals surface area (Å²) in [6.45, 7) is 6.30. The summed E-state index contributed by atoms with van der Waals surface area (Å²) in [6, 6.07) is 17.7. The van der Waals surface area contributed by atoms with Gasteiger partial charge >= 0.3 is 0 Å². The summed E-state index contributed by atoms with van der Waals surface area (Å²) in [4.78, 5) is 9.24. The first kappa shape index (κ1) is 19.0. The van der Waals surface area contributed by atoms with Gasteiger partial charge in [-0.2, -0.15) is 0 Å². The molecule has 28 heavy (non-hydrogen) atoms. The monoisotopic (exact) mass is 397 g/mol. The van der Waals surface area contributed by atoms with E-state index in [1.807, 2.05) is 60.8 Å². The summed E-state index contributed by atoms with van der Waals surface area (Å²) in [5, 5.41) is 0.660. The summed E-state index contributed by atoms with van der Waals surface area (Å²) in [7, 11) is 0. The molecule has 0 saturated carbocycles. The van der Waals surface area contributed by atoms with E-state index in [0.717, 1.165) is 62.2 Å². The maximum atomic E-state index is 6.12. The van der Waals surface area contributed by atoms with Crippen LogP contribution in [-0.4, -0.2) is 54.1 Å². The number of aromatic nitrogens is 1. The molecule has 0 radical (unpaired) electrons. The number of piperazine rings is 1. The molecule has 4 rings (SSSR count). The average molecular weight is 398 g/mol. The number of benzene rings is 2. The molecule has 0 atom stereocenters. The third-order valence-corrected chi connectivity index (χ3v) is 5.25. The summed E-state index contributed by atoms with van der Waals surface area (Å²) in [5.41, 5.74) is 1.06. The molecular formula is C22H24ClN3O2. The number of ether oxygens (including phenoxy) is 1. The minimum absolute atomic E-state index is 0.643. The quantitative estimate of drug-likeness (QED) is 0.598. The maximum Gasteiger partial charge on any atom is 0.209 e. The lowest BCUT2D eigenvalue weighted by Crippen LogP contribution is -2.47. The molecule has 6 heteroatoms. The van der Waals surface area contributed by atoms with Crippen LogP contribution in [-0.2, 0) is 6.54 Å². The molecule has 5 nitrogen and oxygen atoms in total. The highest BCUT2D eigenvalue weighted by atomic mass is 35.5. The molecule has 1 aliphatic rings. The van der Waals surface area contributed by atoms with Crippen molar-refractivity contribution in [2.75, 3.05) is 39.3 Å². The largest absolute Gasteiger partial charge is 0.491 e. The van der Waals surface area contributed by atoms with Gasteiger partial charge in [0.1, 0.15) is 12.4 Å². The second-order valence-electron chi connectivity index (χ2n) is 6.88. The first-order chi connectivity index (χ1) is 13.8. The van der Waals surface area contributed by atoms with Gasteiger partial charge in [-0.05, 0) is 12.1 Å². The van der Waals surface area contributed by atoms with Gasteiger partial charge in [-0.25, -0.2) is 4.98 Å². The van der Waals surface area contributed by atoms with E-state index in [4.69, 9.17) is 20.8 Å². The second-order valence-corrected chi connectivity index (χ2v) is 7.29. The van der Waals surface area contributed by atoms with Gasteiger partial charge in [-0.1, -0.05) is 54.1 Å². The van der Waals surface area contributed by atoms with Crippen LogP contribution < -0.4 is 4.74 Å². The fourth-order valence-corrected chi connectivity index (χ4v) is 3.52. The van der Waals surface area contributed by atoms with Crippen LogP contribution in [0.25, 0.3) is 11.3 Å². The Morgan fingerprint density at radius 3 is 2.43 bits per heavy atom. The van der Waals surface area contributed by atoms with Gasteiger partial charge in [0.2, 0.25) is 5.89 Å². The molecule has 1 aromatic heterocycles. The molecule has 0 amide bonds. The molecule has 1 saturated heterocycles. The number of para-hydroxylation sites is 1. The van der Waals surface area contributed by atoms with E-state index in [0.29, 0.717) is 11.6 Å². The van der Waals surface area contributed by atoms with Gasteiger partial charge in [0, 0.05) is 38.3 Å². The molecule has 3 aromatic rings. The van der Waals surface area contributed by atoms with E-state index in [9.17, 15) is 0 Å². The van der Waals surface area contributed by atoms with Crippen molar-refractivity contribution in [2.45, 2.75) is 6.54 Å². The number of halogens is 1. The van der Waals surface area contributed by atoms with Gasteiger partial charge < -0.3 is 9.15 Å². The van der Waals surface area contributed by atoms with Gasteiger partial charge in [0.05, 0.1) is 17.8 Å². The van der Waals surface area contributed by atoms with Crippen molar-refractivity contribution < 1.29 is 9.15 Å². The summed E-state index contributed by atoms with van der Waals surface area (Å²) < 4.78 is 11.7. The van der Waals surface area contributed by atoms with Crippen molar-refractivity contribution in [2.24, 2.45) is 0 Å². The van der Waals surface area contributed by atoms with Crippen molar-refractivity contribution in [1.29, 1.82) is 0 Å². The minimum atomic E-state index is 0.643. The van der Waals surface area contributed by atoms with E-state index in [2.05, 4.69) is 14.8 Å². The SMILES string of the molecule is Clc1ccccc1OCCN1CCN(Cc2ncc(-c3ccccc3)o2)CC1. The summed E-state index contributed by atoms with van der Waals surface area (Å²) >= 11 is 6.12. The lowest BCUT2D eigenvalue weighted by molar-refractivity contribution is 0.106. The summed E-state index contributed by atoms with van der Waals surface area (Å²) in [5.74, 6) is 2.35. The standard InChI is InChI=1S/C22H24ClN3O2/c23-19-8-4-5-9-20(19)27-15-14-25-10-12-26(13-11-25)17-22-24-16-21(28-22)18-6-2-1-3-7-18/h1-9,16H,10-15,17H2. The van der Waals surface area contributed by atoms with Crippen molar-refractivity contribution in [1.82, 2.24) is 14.8 Å². The van der Waals surface area contributed by atoms with Gasteiger partial charge in [-0.15, -0.1) is 0 Å². The lowest BCUT2D eigenvalue weighted by atomic mass is 10.2. The van der Waals surface area contributed by atoms with Crippen LogP contribution in [0.2, 0.25) is 5.02 Å². The molecule has 1 aliphatic heterocycles. The van der Waals surface area contributed by atoms with Crippen molar-refractivity contribution >= 4 is 11.6 Å². The molecule has 0 bridgehead atoms. The van der Waals surface area contributed by atoms with E-state index < -0.39 is 0 Å². The van der Waals surface area contributed by atoms with Crippen LogP contribution in [0.4, 0.5) is 0 Å². The van der Waals surface area contributed by atoms with Crippen LogP contribution >= 0.6 is 11.6 Å². The predicted molar refractivity (Wildman–Crippen MR) is 111 cm³/mol. The molecule has 0 spiro atoms. The molecule has 0 N–H and O–H groups in total. The Hall–Kier alpha value is -2.34. The fourth-order valence-electron chi connectivity index (χ4n) is 3.33. The highest BCUT2D eigenvalue weighted by molar-refractivity contribution is 6.32.